The van der Waals surface area contributed by atoms with Crippen molar-refractivity contribution in [3.63, 3.8) is 0 Å². The Morgan fingerprint density at radius 3 is 2.85 bits per heavy atom. The average molecular weight is 276 g/mol. The summed E-state index contributed by atoms with van der Waals surface area (Å²) in [6.07, 6.45) is 2.02. The Kier molecular flexibility index (Phi) is 3.63. The molecule has 20 heavy (non-hydrogen) atoms. The van der Waals surface area contributed by atoms with E-state index in [1.807, 2.05) is 24.3 Å². The van der Waals surface area contributed by atoms with Crippen molar-refractivity contribution in [2.75, 3.05) is 25.1 Å². The zero-order valence-corrected chi connectivity index (χ0v) is 11.4. The second kappa shape index (κ2) is 5.42. The summed E-state index contributed by atoms with van der Waals surface area (Å²) in [5.74, 6) is -0.0443. The number of fused-ring (bicyclic) bond motifs is 1. The fraction of sp³-hybridized carbons (Fsp3) is 0.533. The number of aliphatic hydroxyl groups excluding tert-OH is 1. The smallest absolute Gasteiger partial charge is 0.243 e. The minimum Gasteiger partial charge on any atom is -0.394 e. The Morgan fingerprint density at radius 2 is 2.15 bits per heavy atom. The summed E-state index contributed by atoms with van der Waals surface area (Å²) >= 11 is 0. The van der Waals surface area contributed by atoms with Gasteiger partial charge in [0.15, 0.2) is 0 Å². The molecular formula is C15H20N2O3. The van der Waals surface area contributed by atoms with Crippen LogP contribution in [0.1, 0.15) is 18.4 Å². The fourth-order valence-electron chi connectivity index (χ4n) is 2.89. The highest BCUT2D eigenvalue weighted by molar-refractivity contribution is 5.88. The van der Waals surface area contributed by atoms with Gasteiger partial charge in [-0.3, -0.25) is 4.79 Å². The van der Waals surface area contributed by atoms with E-state index in [-0.39, 0.29) is 18.6 Å². The van der Waals surface area contributed by atoms with E-state index < -0.39 is 5.54 Å². The van der Waals surface area contributed by atoms with Crippen LogP contribution in [-0.4, -0.2) is 42.4 Å². The molecule has 1 saturated heterocycles. The second-order valence-corrected chi connectivity index (χ2v) is 5.60. The van der Waals surface area contributed by atoms with Crippen molar-refractivity contribution >= 4 is 11.6 Å². The molecule has 0 radical (unpaired) electrons. The number of hydrogen-bond acceptors (Lipinski definition) is 4. The van der Waals surface area contributed by atoms with E-state index in [9.17, 15) is 9.90 Å². The van der Waals surface area contributed by atoms with E-state index >= 15 is 0 Å². The number of amides is 1. The third-order valence-corrected chi connectivity index (χ3v) is 4.23. The molecule has 2 aliphatic heterocycles. The van der Waals surface area contributed by atoms with Crippen LogP contribution in [0.25, 0.3) is 0 Å². The van der Waals surface area contributed by atoms with E-state index in [4.69, 9.17) is 4.74 Å². The van der Waals surface area contributed by atoms with Gasteiger partial charge in [0.2, 0.25) is 5.91 Å². The number of anilines is 1. The number of carbonyl (C=O) groups is 1. The Labute approximate surface area is 118 Å². The SMILES string of the molecule is O=C(NC1(CO)CCOCC1)C1Cc2ccccc2N1. The highest BCUT2D eigenvalue weighted by Crippen LogP contribution is 2.26. The van der Waals surface area contributed by atoms with Gasteiger partial charge < -0.3 is 20.5 Å². The van der Waals surface area contributed by atoms with Gasteiger partial charge in [-0.05, 0) is 24.5 Å². The second-order valence-electron chi connectivity index (χ2n) is 5.60. The van der Waals surface area contributed by atoms with E-state index in [0.717, 1.165) is 11.3 Å². The monoisotopic (exact) mass is 276 g/mol. The van der Waals surface area contributed by atoms with Crippen LogP contribution >= 0.6 is 0 Å². The lowest BCUT2D eigenvalue weighted by Crippen LogP contribution is -2.57. The molecule has 0 saturated carbocycles. The Morgan fingerprint density at radius 1 is 1.40 bits per heavy atom. The van der Waals surface area contributed by atoms with Crippen LogP contribution in [-0.2, 0) is 16.0 Å². The number of para-hydroxylation sites is 1. The summed E-state index contributed by atoms with van der Waals surface area (Å²) in [5, 5.41) is 15.9. The van der Waals surface area contributed by atoms with Crippen LogP contribution in [0.3, 0.4) is 0 Å². The summed E-state index contributed by atoms with van der Waals surface area (Å²) in [5.41, 5.74) is 1.67. The standard InChI is InChI=1S/C15H20N2O3/c18-10-15(5-7-20-8-6-15)17-14(19)13-9-11-3-1-2-4-12(11)16-13/h1-4,13,16,18H,5-10H2,(H,17,19). The van der Waals surface area contributed by atoms with E-state index in [0.29, 0.717) is 32.5 Å². The Balaban J connectivity index is 1.66. The van der Waals surface area contributed by atoms with Crippen molar-refractivity contribution in [1.29, 1.82) is 0 Å². The molecule has 1 amide bonds. The summed E-state index contributed by atoms with van der Waals surface area (Å²) < 4.78 is 5.31. The third-order valence-electron chi connectivity index (χ3n) is 4.23. The van der Waals surface area contributed by atoms with Gasteiger partial charge in [0, 0.05) is 25.3 Å². The van der Waals surface area contributed by atoms with Gasteiger partial charge in [0.25, 0.3) is 0 Å². The lowest BCUT2D eigenvalue weighted by atomic mass is 9.90. The van der Waals surface area contributed by atoms with E-state index in [1.165, 1.54) is 0 Å². The molecular weight excluding hydrogens is 256 g/mol. The zero-order valence-electron chi connectivity index (χ0n) is 11.4. The van der Waals surface area contributed by atoms with Gasteiger partial charge in [0.05, 0.1) is 12.1 Å². The number of aliphatic hydroxyl groups is 1. The molecule has 0 bridgehead atoms. The summed E-state index contributed by atoms with van der Waals surface area (Å²) in [7, 11) is 0. The van der Waals surface area contributed by atoms with Crippen molar-refractivity contribution in [3.8, 4) is 0 Å². The molecule has 3 rings (SSSR count). The number of ether oxygens (including phenoxy) is 1. The van der Waals surface area contributed by atoms with Gasteiger partial charge in [-0.15, -0.1) is 0 Å². The van der Waals surface area contributed by atoms with E-state index in [1.54, 1.807) is 0 Å². The predicted molar refractivity (Wildman–Crippen MR) is 75.6 cm³/mol. The van der Waals surface area contributed by atoms with Crippen LogP contribution in [0.5, 0.6) is 0 Å². The van der Waals surface area contributed by atoms with Crippen LogP contribution in [0, 0.1) is 0 Å². The lowest BCUT2D eigenvalue weighted by Gasteiger charge is -2.37. The molecule has 3 N–H and O–H groups in total. The molecule has 1 unspecified atom stereocenters. The molecule has 1 aromatic carbocycles. The first kappa shape index (κ1) is 13.4. The largest absolute Gasteiger partial charge is 0.394 e. The van der Waals surface area contributed by atoms with Crippen molar-refractivity contribution in [3.05, 3.63) is 29.8 Å². The van der Waals surface area contributed by atoms with Gasteiger partial charge >= 0.3 is 0 Å². The molecule has 1 aromatic rings. The Bertz CT molecular complexity index is 473. The number of rotatable bonds is 3. The molecule has 1 fully saturated rings. The van der Waals surface area contributed by atoms with Crippen LogP contribution in [0.2, 0.25) is 0 Å². The number of nitrogens with one attached hydrogen (secondary N) is 2. The molecule has 0 aliphatic carbocycles. The van der Waals surface area contributed by atoms with Gasteiger partial charge in [-0.2, -0.15) is 0 Å². The summed E-state index contributed by atoms with van der Waals surface area (Å²) in [6.45, 7) is 1.13. The minimum atomic E-state index is -0.522. The van der Waals surface area contributed by atoms with Crippen molar-refractivity contribution in [1.82, 2.24) is 5.32 Å². The molecule has 0 aromatic heterocycles. The first-order valence-corrected chi connectivity index (χ1v) is 7.07. The zero-order chi connectivity index (χ0) is 14.0. The first-order chi connectivity index (χ1) is 9.72. The van der Waals surface area contributed by atoms with Gasteiger partial charge in [0.1, 0.15) is 6.04 Å². The fourth-order valence-corrected chi connectivity index (χ4v) is 2.89. The number of hydrogen-bond donors (Lipinski definition) is 3. The average Bonchev–Trinajstić information content (AvgIpc) is 2.92. The van der Waals surface area contributed by atoms with Crippen LogP contribution < -0.4 is 10.6 Å². The highest BCUT2D eigenvalue weighted by Gasteiger charge is 2.36. The molecule has 5 heteroatoms. The van der Waals surface area contributed by atoms with Crippen LogP contribution in [0.4, 0.5) is 5.69 Å². The molecule has 5 nitrogen and oxygen atoms in total. The highest BCUT2D eigenvalue weighted by atomic mass is 16.5. The quantitative estimate of drug-likeness (QED) is 0.759. The topological polar surface area (TPSA) is 70.6 Å². The molecule has 2 aliphatic rings. The normalized spacial score (nSPS) is 23.8. The maximum Gasteiger partial charge on any atom is 0.243 e. The number of benzene rings is 1. The molecule has 108 valence electrons. The Hall–Kier alpha value is -1.59. The summed E-state index contributed by atoms with van der Waals surface area (Å²) in [4.78, 5) is 12.4. The maximum atomic E-state index is 12.4. The van der Waals surface area contributed by atoms with Gasteiger partial charge in [-0.1, -0.05) is 18.2 Å². The third kappa shape index (κ3) is 2.51. The first-order valence-electron chi connectivity index (χ1n) is 7.07. The van der Waals surface area contributed by atoms with Crippen molar-refractivity contribution in [2.24, 2.45) is 0 Å². The minimum absolute atomic E-state index is 0.0399. The molecule has 0 spiro atoms. The lowest BCUT2D eigenvalue weighted by molar-refractivity contribution is -0.125. The van der Waals surface area contributed by atoms with E-state index in [2.05, 4.69) is 10.6 Å². The summed E-state index contributed by atoms with van der Waals surface area (Å²) in [6, 6.07) is 7.71. The predicted octanol–water partition coefficient (Wildman–Crippen LogP) is 0.681. The van der Waals surface area contributed by atoms with Crippen molar-refractivity contribution < 1.29 is 14.6 Å². The van der Waals surface area contributed by atoms with Crippen molar-refractivity contribution in [2.45, 2.75) is 30.8 Å². The van der Waals surface area contributed by atoms with Gasteiger partial charge in [-0.25, -0.2) is 0 Å². The molecule has 2 heterocycles. The van der Waals surface area contributed by atoms with Crippen LogP contribution in [0.15, 0.2) is 24.3 Å². The number of carbonyl (C=O) groups excluding carboxylic acids is 1. The molecule has 1 atom stereocenters. The maximum absolute atomic E-state index is 12.4.